The van der Waals surface area contributed by atoms with E-state index in [0.29, 0.717) is 6.04 Å². The number of fused-ring (bicyclic) bond motifs is 3. The quantitative estimate of drug-likeness (QED) is 0.473. The lowest BCUT2D eigenvalue weighted by Gasteiger charge is -2.34. The molecule has 2 aromatic rings. The van der Waals surface area contributed by atoms with Gasteiger partial charge in [0.05, 0.1) is 23.3 Å². The van der Waals surface area contributed by atoms with Crippen LogP contribution in [-0.2, 0) is 45.1 Å². The third-order valence-electron chi connectivity index (χ3n) is 7.94. The molecule has 6 heteroatoms. The fraction of sp³-hybridized carbons (Fsp3) is 0.607. The van der Waals surface area contributed by atoms with E-state index < -0.39 is 0 Å². The molecule has 0 spiro atoms. The topological polar surface area (TPSA) is 59.1 Å². The Morgan fingerprint density at radius 2 is 1.82 bits per heavy atom. The first-order valence-corrected chi connectivity index (χ1v) is 14.3. The molecule has 1 unspecified atom stereocenters. The van der Waals surface area contributed by atoms with E-state index >= 15 is 0 Å². The van der Waals surface area contributed by atoms with Gasteiger partial charge in [-0.15, -0.1) is 0 Å². The molecule has 5 nitrogen and oxygen atoms in total. The molecule has 0 saturated carbocycles. The molecule has 2 aliphatic carbocycles. The monoisotopic (exact) mass is 479 g/mol. The third kappa shape index (κ3) is 4.90. The summed E-state index contributed by atoms with van der Waals surface area (Å²) in [5.74, 6) is 0. The Balaban J connectivity index is 1.21. The summed E-state index contributed by atoms with van der Waals surface area (Å²) >= 11 is 1.66. The zero-order valence-corrected chi connectivity index (χ0v) is 21.9. The molecule has 34 heavy (non-hydrogen) atoms. The van der Waals surface area contributed by atoms with Crippen LogP contribution in [0.15, 0.2) is 29.1 Å². The summed E-state index contributed by atoms with van der Waals surface area (Å²) in [7, 11) is 0. The normalized spacial score (nSPS) is 19.4. The van der Waals surface area contributed by atoms with Gasteiger partial charge in [-0.1, -0.05) is 19.9 Å². The van der Waals surface area contributed by atoms with Crippen LogP contribution in [0.4, 0.5) is 0 Å². The average Bonchev–Trinajstić information content (AvgIpc) is 3.58. The molecule has 1 aromatic heterocycles. The van der Waals surface area contributed by atoms with Gasteiger partial charge in [0, 0.05) is 24.4 Å². The Labute approximate surface area is 209 Å². The van der Waals surface area contributed by atoms with E-state index in [0.717, 1.165) is 25.1 Å². The van der Waals surface area contributed by atoms with Crippen molar-refractivity contribution in [3.63, 3.8) is 0 Å². The zero-order valence-electron chi connectivity index (χ0n) is 21.0. The first kappa shape index (κ1) is 23.8. The van der Waals surface area contributed by atoms with Gasteiger partial charge in [0.1, 0.15) is 0 Å². The van der Waals surface area contributed by atoms with Gasteiger partial charge >= 0.3 is 0 Å². The highest BCUT2D eigenvalue weighted by Crippen LogP contribution is 2.36. The number of aryl methyl sites for hydroxylation is 2. The minimum atomic E-state index is 0.614. The van der Waals surface area contributed by atoms with Crippen molar-refractivity contribution in [2.24, 2.45) is 5.73 Å². The molecule has 3 N–H and O–H groups in total. The maximum absolute atomic E-state index is 6.54. The number of allylic oxidation sites excluding steroid dienone is 1. The van der Waals surface area contributed by atoms with E-state index in [-0.39, 0.29) is 0 Å². The predicted molar refractivity (Wildman–Crippen MR) is 142 cm³/mol. The van der Waals surface area contributed by atoms with E-state index in [2.05, 4.69) is 34.2 Å². The van der Waals surface area contributed by atoms with Gasteiger partial charge in [-0.05, 0) is 117 Å². The van der Waals surface area contributed by atoms with E-state index in [1.54, 1.807) is 39.8 Å². The third-order valence-corrected chi connectivity index (χ3v) is 8.74. The summed E-state index contributed by atoms with van der Waals surface area (Å²) in [6.07, 6.45) is 17.2. The van der Waals surface area contributed by atoms with Crippen molar-refractivity contribution < 1.29 is 0 Å². The fourth-order valence-corrected chi connectivity index (χ4v) is 7.17. The Morgan fingerprint density at radius 1 is 1.12 bits per heavy atom. The van der Waals surface area contributed by atoms with Crippen LogP contribution in [0.25, 0.3) is 0 Å². The van der Waals surface area contributed by atoms with Crippen molar-refractivity contribution in [2.75, 3.05) is 13.1 Å². The van der Waals surface area contributed by atoms with Gasteiger partial charge in [0.2, 0.25) is 0 Å². The Morgan fingerprint density at radius 3 is 2.50 bits per heavy atom. The highest BCUT2D eigenvalue weighted by atomic mass is 32.2. The minimum absolute atomic E-state index is 0.614. The first-order valence-electron chi connectivity index (χ1n) is 13.5. The molecule has 184 valence electrons. The van der Waals surface area contributed by atoms with Crippen LogP contribution in [0.2, 0.25) is 0 Å². The fourth-order valence-electron chi connectivity index (χ4n) is 6.40. The van der Waals surface area contributed by atoms with Crippen LogP contribution < -0.4 is 10.5 Å². The van der Waals surface area contributed by atoms with E-state index in [1.807, 2.05) is 12.4 Å². The SMILES string of the molecule is CCCN(CCC)C1CCc2c(SN/C=C(\N)Cc3c4c(cc5c3CCC5)CCC4)cnn2C1. The number of nitrogens with two attached hydrogens (primary N) is 1. The van der Waals surface area contributed by atoms with Gasteiger partial charge in [0.25, 0.3) is 0 Å². The Hall–Kier alpha value is -1.92. The molecule has 1 atom stereocenters. The average molecular weight is 480 g/mol. The number of benzene rings is 1. The van der Waals surface area contributed by atoms with Crippen molar-refractivity contribution in [1.29, 1.82) is 0 Å². The van der Waals surface area contributed by atoms with Gasteiger partial charge in [-0.3, -0.25) is 9.58 Å². The predicted octanol–water partition coefficient (Wildman–Crippen LogP) is 4.94. The second-order valence-corrected chi connectivity index (χ2v) is 11.2. The Bertz CT molecular complexity index is 1000. The van der Waals surface area contributed by atoms with Crippen LogP contribution in [0, 0.1) is 0 Å². The van der Waals surface area contributed by atoms with Crippen LogP contribution in [0.1, 0.15) is 79.5 Å². The summed E-state index contributed by atoms with van der Waals surface area (Å²) in [4.78, 5) is 3.90. The summed E-state index contributed by atoms with van der Waals surface area (Å²) in [5, 5.41) is 4.73. The summed E-state index contributed by atoms with van der Waals surface area (Å²) in [6, 6.07) is 3.11. The molecule has 1 aromatic carbocycles. The number of hydrogen-bond acceptors (Lipinski definition) is 5. The van der Waals surface area contributed by atoms with Crippen LogP contribution in [-0.4, -0.2) is 33.8 Å². The van der Waals surface area contributed by atoms with Crippen LogP contribution in [0.5, 0.6) is 0 Å². The molecule has 5 rings (SSSR count). The molecule has 0 fully saturated rings. The highest BCUT2D eigenvalue weighted by molar-refractivity contribution is 7.97. The van der Waals surface area contributed by atoms with Crippen molar-refractivity contribution >= 4 is 11.9 Å². The maximum Gasteiger partial charge on any atom is 0.0696 e. The van der Waals surface area contributed by atoms with Crippen molar-refractivity contribution in [3.8, 4) is 0 Å². The molecular formula is C28H41N5S. The summed E-state index contributed by atoms with van der Waals surface area (Å²) < 4.78 is 5.67. The number of rotatable bonds is 10. The zero-order chi connectivity index (χ0) is 23.5. The number of nitrogens with zero attached hydrogens (tertiary/aromatic N) is 3. The molecule has 0 amide bonds. The molecule has 2 heterocycles. The second kappa shape index (κ2) is 10.8. The molecule has 1 aliphatic heterocycles. The Kier molecular flexibility index (Phi) is 7.55. The number of hydrogen-bond donors (Lipinski definition) is 2. The smallest absolute Gasteiger partial charge is 0.0696 e. The molecule has 0 saturated heterocycles. The van der Waals surface area contributed by atoms with Crippen LogP contribution in [0.3, 0.4) is 0 Å². The number of nitrogens with one attached hydrogen (secondary N) is 1. The van der Waals surface area contributed by atoms with Gasteiger partial charge < -0.3 is 10.5 Å². The second-order valence-electron chi connectivity index (χ2n) is 10.3. The largest absolute Gasteiger partial charge is 0.401 e. The summed E-state index contributed by atoms with van der Waals surface area (Å²) in [5.41, 5.74) is 16.8. The van der Waals surface area contributed by atoms with E-state index in [9.17, 15) is 0 Å². The maximum atomic E-state index is 6.54. The lowest BCUT2D eigenvalue weighted by molar-refractivity contribution is 0.151. The standard InChI is InChI=1S/C28H41N5S/c1-3-13-32(14-4-2)23-11-12-27-28(18-30-33(27)19-23)34-31-17-22(29)16-26-24-9-5-7-20(24)15-21-8-6-10-25(21)26/h15,17-18,23,31H,3-14,16,19,29H2,1-2H3/b22-17-. The highest BCUT2D eigenvalue weighted by Gasteiger charge is 2.26. The van der Waals surface area contributed by atoms with E-state index in [1.165, 1.54) is 81.5 Å². The molecule has 3 aliphatic rings. The van der Waals surface area contributed by atoms with E-state index in [4.69, 9.17) is 10.8 Å². The summed E-state index contributed by atoms with van der Waals surface area (Å²) in [6.45, 7) is 7.95. The van der Waals surface area contributed by atoms with Gasteiger partial charge in [-0.2, -0.15) is 5.10 Å². The van der Waals surface area contributed by atoms with Gasteiger partial charge in [-0.25, -0.2) is 0 Å². The first-order chi connectivity index (χ1) is 16.7. The molecular weight excluding hydrogens is 438 g/mol. The number of aromatic nitrogens is 2. The lowest BCUT2D eigenvalue weighted by Crippen LogP contribution is -2.42. The van der Waals surface area contributed by atoms with Crippen molar-refractivity contribution in [1.82, 2.24) is 19.4 Å². The van der Waals surface area contributed by atoms with Crippen molar-refractivity contribution in [2.45, 2.75) is 102 Å². The van der Waals surface area contributed by atoms with Gasteiger partial charge in [0.15, 0.2) is 0 Å². The van der Waals surface area contributed by atoms with Crippen LogP contribution >= 0.6 is 11.9 Å². The minimum Gasteiger partial charge on any atom is -0.401 e. The molecule has 0 bridgehead atoms. The molecule has 0 radical (unpaired) electrons. The van der Waals surface area contributed by atoms with Crippen molar-refractivity contribution in [3.05, 3.63) is 57.7 Å². The lowest BCUT2D eigenvalue weighted by atomic mass is 9.91.